The molecule has 0 saturated heterocycles. The summed E-state index contributed by atoms with van der Waals surface area (Å²) in [5.41, 5.74) is -0.417. The molecule has 0 bridgehead atoms. The van der Waals surface area contributed by atoms with Crippen LogP contribution in [0.4, 0.5) is 17.6 Å². The van der Waals surface area contributed by atoms with Gasteiger partial charge in [-0.1, -0.05) is 38.7 Å². The van der Waals surface area contributed by atoms with Gasteiger partial charge in [0.05, 0.1) is 5.56 Å². The summed E-state index contributed by atoms with van der Waals surface area (Å²) in [6.45, 7) is 2.26. The zero-order chi connectivity index (χ0) is 18.7. The summed E-state index contributed by atoms with van der Waals surface area (Å²) in [6, 6.07) is 3.50. The first-order valence-electron chi connectivity index (χ1n) is 10.2. The molecule has 2 fully saturated rings. The number of halogens is 4. The summed E-state index contributed by atoms with van der Waals surface area (Å²) in [4.78, 5) is 0. The van der Waals surface area contributed by atoms with E-state index in [9.17, 15) is 17.6 Å². The minimum absolute atomic E-state index is 0.208. The van der Waals surface area contributed by atoms with Gasteiger partial charge >= 0.3 is 6.18 Å². The maximum absolute atomic E-state index is 13.8. The van der Waals surface area contributed by atoms with Crippen molar-refractivity contribution in [1.29, 1.82) is 0 Å². The Morgan fingerprint density at radius 1 is 0.885 bits per heavy atom. The van der Waals surface area contributed by atoms with E-state index in [-0.39, 0.29) is 5.92 Å². The van der Waals surface area contributed by atoms with Crippen LogP contribution in [0, 0.1) is 23.6 Å². The van der Waals surface area contributed by atoms with Crippen LogP contribution in [-0.4, -0.2) is 0 Å². The van der Waals surface area contributed by atoms with E-state index in [1.54, 1.807) is 0 Å². The fraction of sp³-hybridized carbons (Fsp3) is 0.727. The highest BCUT2D eigenvalue weighted by Crippen LogP contribution is 2.45. The highest BCUT2D eigenvalue weighted by Gasteiger charge is 2.35. The Kier molecular flexibility index (Phi) is 6.29. The van der Waals surface area contributed by atoms with Crippen molar-refractivity contribution in [3.8, 4) is 0 Å². The first-order chi connectivity index (χ1) is 12.4. The zero-order valence-electron chi connectivity index (χ0n) is 15.6. The van der Waals surface area contributed by atoms with Gasteiger partial charge in [0.1, 0.15) is 5.82 Å². The monoisotopic (exact) mass is 370 g/mol. The quantitative estimate of drug-likeness (QED) is 0.476. The number of alkyl halides is 3. The normalized spacial score (nSPS) is 30.3. The predicted molar refractivity (Wildman–Crippen MR) is 96.5 cm³/mol. The SMILES string of the molecule is CCCC1CCC(C2CCC(c3ccc(C(F)(F)F)c(F)c3)CC2)CC1. The molecule has 0 spiro atoms. The molecule has 4 heteroatoms. The Hall–Kier alpha value is -1.06. The number of rotatable bonds is 4. The van der Waals surface area contributed by atoms with Gasteiger partial charge in [0.15, 0.2) is 0 Å². The second-order valence-corrected chi connectivity index (χ2v) is 8.42. The lowest BCUT2D eigenvalue weighted by atomic mass is 9.68. The second kappa shape index (κ2) is 8.31. The van der Waals surface area contributed by atoms with Crippen LogP contribution in [-0.2, 0) is 6.18 Å². The zero-order valence-corrected chi connectivity index (χ0v) is 15.6. The standard InChI is InChI=1S/C22H30F4/c1-2-3-15-4-6-16(7-5-15)17-8-10-18(11-9-17)19-12-13-20(21(23)14-19)22(24,25)26/h12-18H,2-11H2,1H3. The van der Waals surface area contributed by atoms with Crippen molar-refractivity contribution in [2.45, 2.75) is 83.2 Å². The smallest absolute Gasteiger partial charge is 0.206 e. The largest absolute Gasteiger partial charge is 0.419 e. The average Bonchev–Trinajstić information content (AvgIpc) is 2.62. The molecular weight excluding hydrogens is 340 g/mol. The molecule has 1 aromatic rings. The second-order valence-electron chi connectivity index (χ2n) is 8.42. The van der Waals surface area contributed by atoms with Crippen LogP contribution in [0.25, 0.3) is 0 Å². The van der Waals surface area contributed by atoms with Crippen molar-refractivity contribution in [3.05, 3.63) is 35.1 Å². The molecule has 0 nitrogen and oxygen atoms in total. The van der Waals surface area contributed by atoms with Crippen LogP contribution in [0.2, 0.25) is 0 Å². The fourth-order valence-electron chi connectivity index (χ4n) is 5.30. The predicted octanol–water partition coefficient (Wildman–Crippen LogP) is 7.72. The average molecular weight is 370 g/mol. The molecule has 2 aliphatic carbocycles. The van der Waals surface area contributed by atoms with Crippen molar-refractivity contribution in [2.75, 3.05) is 0 Å². The first-order valence-corrected chi connectivity index (χ1v) is 10.2. The molecule has 26 heavy (non-hydrogen) atoms. The number of benzene rings is 1. The van der Waals surface area contributed by atoms with Crippen LogP contribution in [0.15, 0.2) is 18.2 Å². The van der Waals surface area contributed by atoms with E-state index in [1.165, 1.54) is 44.6 Å². The van der Waals surface area contributed by atoms with Gasteiger partial charge in [0.25, 0.3) is 0 Å². The fourth-order valence-corrected chi connectivity index (χ4v) is 5.30. The summed E-state index contributed by atoms with van der Waals surface area (Å²) < 4.78 is 52.0. The van der Waals surface area contributed by atoms with Crippen molar-refractivity contribution in [2.24, 2.45) is 17.8 Å². The molecule has 146 valence electrons. The van der Waals surface area contributed by atoms with E-state index < -0.39 is 17.6 Å². The maximum atomic E-state index is 13.8. The van der Waals surface area contributed by atoms with Gasteiger partial charge in [-0.3, -0.25) is 0 Å². The minimum atomic E-state index is -4.61. The van der Waals surface area contributed by atoms with Crippen molar-refractivity contribution in [3.63, 3.8) is 0 Å². The van der Waals surface area contributed by atoms with E-state index in [2.05, 4.69) is 6.92 Å². The molecule has 0 N–H and O–H groups in total. The van der Waals surface area contributed by atoms with Crippen LogP contribution in [0.5, 0.6) is 0 Å². The van der Waals surface area contributed by atoms with Crippen molar-refractivity contribution in [1.82, 2.24) is 0 Å². The van der Waals surface area contributed by atoms with Crippen LogP contribution in [0.3, 0.4) is 0 Å². The Bertz CT molecular complexity index is 576. The molecule has 0 heterocycles. The van der Waals surface area contributed by atoms with Gasteiger partial charge in [0, 0.05) is 0 Å². The lowest BCUT2D eigenvalue weighted by Gasteiger charge is -2.38. The van der Waals surface area contributed by atoms with Gasteiger partial charge in [-0.05, 0) is 79.9 Å². The summed E-state index contributed by atoms with van der Waals surface area (Å²) >= 11 is 0. The molecule has 1 aromatic carbocycles. The molecular formula is C22H30F4. The van der Waals surface area contributed by atoms with Crippen molar-refractivity contribution >= 4 is 0 Å². The Morgan fingerprint density at radius 3 is 1.96 bits per heavy atom. The Morgan fingerprint density at radius 2 is 1.46 bits per heavy atom. The van der Waals surface area contributed by atoms with E-state index >= 15 is 0 Å². The van der Waals surface area contributed by atoms with E-state index in [1.807, 2.05) is 0 Å². The molecule has 2 saturated carbocycles. The van der Waals surface area contributed by atoms with Crippen LogP contribution >= 0.6 is 0 Å². The third-order valence-corrected chi connectivity index (χ3v) is 6.80. The molecule has 0 aliphatic heterocycles. The maximum Gasteiger partial charge on any atom is 0.419 e. The van der Waals surface area contributed by atoms with Crippen molar-refractivity contribution < 1.29 is 17.6 Å². The highest BCUT2D eigenvalue weighted by atomic mass is 19.4. The first kappa shape index (κ1) is 19.7. The molecule has 0 atom stereocenters. The molecule has 0 radical (unpaired) electrons. The molecule has 3 rings (SSSR count). The minimum Gasteiger partial charge on any atom is -0.206 e. The molecule has 0 amide bonds. The summed E-state index contributed by atoms with van der Waals surface area (Å²) in [7, 11) is 0. The Balaban J connectivity index is 1.53. The number of hydrogen-bond donors (Lipinski definition) is 0. The topological polar surface area (TPSA) is 0 Å². The summed E-state index contributed by atoms with van der Waals surface area (Å²) in [5.74, 6) is 1.58. The number of hydrogen-bond acceptors (Lipinski definition) is 0. The Labute approximate surface area is 154 Å². The van der Waals surface area contributed by atoms with E-state index in [0.29, 0.717) is 0 Å². The third-order valence-electron chi connectivity index (χ3n) is 6.80. The van der Waals surface area contributed by atoms with Gasteiger partial charge in [-0.15, -0.1) is 0 Å². The lowest BCUT2D eigenvalue weighted by molar-refractivity contribution is -0.140. The van der Waals surface area contributed by atoms with Crippen LogP contribution in [0.1, 0.15) is 88.2 Å². The molecule has 2 aliphatic rings. The van der Waals surface area contributed by atoms with Gasteiger partial charge in [0.2, 0.25) is 0 Å². The van der Waals surface area contributed by atoms with Crippen LogP contribution < -0.4 is 0 Å². The summed E-state index contributed by atoms with van der Waals surface area (Å²) in [5, 5.41) is 0. The van der Waals surface area contributed by atoms with Gasteiger partial charge in [-0.2, -0.15) is 13.2 Å². The molecule has 0 aromatic heterocycles. The highest BCUT2D eigenvalue weighted by molar-refractivity contribution is 5.29. The summed E-state index contributed by atoms with van der Waals surface area (Å²) in [6.07, 6.45) is 7.66. The van der Waals surface area contributed by atoms with E-state index in [0.717, 1.165) is 61.1 Å². The third kappa shape index (κ3) is 4.61. The van der Waals surface area contributed by atoms with Gasteiger partial charge in [-0.25, -0.2) is 4.39 Å². The lowest BCUT2D eigenvalue weighted by Crippen LogP contribution is -2.25. The van der Waals surface area contributed by atoms with Gasteiger partial charge < -0.3 is 0 Å². The molecule has 0 unspecified atom stereocenters. The van der Waals surface area contributed by atoms with E-state index in [4.69, 9.17) is 0 Å².